The Hall–Kier alpha value is -1.99. The van der Waals surface area contributed by atoms with Gasteiger partial charge in [0.1, 0.15) is 5.82 Å². The van der Waals surface area contributed by atoms with Gasteiger partial charge in [0.2, 0.25) is 0 Å². The number of ether oxygens (including phenoxy) is 1. The summed E-state index contributed by atoms with van der Waals surface area (Å²) in [6.45, 7) is 3.63. The van der Waals surface area contributed by atoms with Gasteiger partial charge in [0.05, 0.1) is 24.9 Å². The van der Waals surface area contributed by atoms with E-state index in [1.807, 2.05) is 11.0 Å². The van der Waals surface area contributed by atoms with Crippen LogP contribution >= 0.6 is 0 Å². The molecule has 0 spiro atoms. The molecule has 7 heteroatoms. The van der Waals surface area contributed by atoms with Gasteiger partial charge in [-0.25, -0.2) is 4.39 Å². The summed E-state index contributed by atoms with van der Waals surface area (Å²) in [5.41, 5.74) is 1.20. The maximum absolute atomic E-state index is 14.4. The van der Waals surface area contributed by atoms with Crippen LogP contribution < -0.4 is 10.2 Å². The smallest absolute Gasteiger partial charge is 0.258 e. The van der Waals surface area contributed by atoms with Gasteiger partial charge in [0.25, 0.3) is 5.89 Å². The second kappa shape index (κ2) is 6.25. The first-order valence-corrected chi connectivity index (χ1v) is 8.01. The van der Waals surface area contributed by atoms with E-state index in [1.165, 1.54) is 6.07 Å². The summed E-state index contributed by atoms with van der Waals surface area (Å²) in [7, 11) is 0. The van der Waals surface area contributed by atoms with Crippen molar-refractivity contribution in [2.45, 2.75) is 18.9 Å². The molecule has 122 valence electrons. The molecule has 23 heavy (non-hydrogen) atoms. The molecule has 1 N–H and O–H groups in total. The summed E-state index contributed by atoms with van der Waals surface area (Å²) in [5.74, 6) is 0.736. The van der Waals surface area contributed by atoms with Gasteiger partial charge < -0.3 is 19.5 Å². The fourth-order valence-corrected chi connectivity index (χ4v) is 3.10. The molecule has 1 aromatic heterocycles. The molecule has 1 unspecified atom stereocenters. The minimum Gasteiger partial charge on any atom is -0.378 e. The van der Waals surface area contributed by atoms with Crippen LogP contribution in [0.15, 0.2) is 22.7 Å². The summed E-state index contributed by atoms with van der Waals surface area (Å²) in [4.78, 5) is 6.40. The Kier molecular flexibility index (Phi) is 3.97. The highest BCUT2D eigenvalue weighted by Gasteiger charge is 2.23. The van der Waals surface area contributed by atoms with Gasteiger partial charge in [-0.3, -0.25) is 0 Å². The summed E-state index contributed by atoms with van der Waals surface area (Å²) < 4.78 is 25.0. The number of anilines is 1. The first-order valence-electron chi connectivity index (χ1n) is 8.01. The Morgan fingerprint density at radius 2 is 2.13 bits per heavy atom. The molecule has 2 saturated heterocycles. The van der Waals surface area contributed by atoms with Crippen LogP contribution in [0.1, 0.15) is 24.7 Å². The number of rotatable bonds is 3. The lowest BCUT2D eigenvalue weighted by atomic mass is 10.1. The molecule has 3 heterocycles. The van der Waals surface area contributed by atoms with E-state index in [1.54, 1.807) is 6.07 Å². The van der Waals surface area contributed by atoms with Gasteiger partial charge in [-0.2, -0.15) is 4.98 Å². The molecular weight excluding hydrogens is 299 g/mol. The monoisotopic (exact) mass is 318 g/mol. The molecule has 4 rings (SSSR count). The molecule has 2 aliphatic heterocycles. The van der Waals surface area contributed by atoms with Crippen LogP contribution in [0.3, 0.4) is 0 Å². The maximum Gasteiger partial charge on any atom is 0.258 e. The third-order valence-electron chi connectivity index (χ3n) is 4.36. The summed E-state index contributed by atoms with van der Waals surface area (Å²) in [6.07, 6.45) is 2.11. The van der Waals surface area contributed by atoms with Crippen molar-refractivity contribution in [2.24, 2.45) is 0 Å². The van der Waals surface area contributed by atoms with Gasteiger partial charge >= 0.3 is 0 Å². The van der Waals surface area contributed by atoms with Crippen molar-refractivity contribution in [3.8, 4) is 11.5 Å². The van der Waals surface area contributed by atoms with Crippen LogP contribution in [0.25, 0.3) is 11.5 Å². The molecule has 2 aliphatic rings. The SMILES string of the molecule is Fc1cc(-c2nc(C3CCCN3)no2)ccc1N1CCOCC1. The van der Waals surface area contributed by atoms with Crippen molar-refractivity contribution in [2.75, 3.05) is 37.7 Å². The van der Waals surface area contributed by atoms with Crippen molar-refractivity contribution in [3.05, 3.63) is 29.8 Å². The zero-order chi connectivity index (χ0) is 15.6. The fourth-order valence-electron chi connectivity index (χ4n) is 3.10. The Bertz CT molecular complexity index is 678. The van der Waals surface area contributed by atoms with Crippen LogP contribution in [0.5, 0.6) is 0 Å². The van der Waals surface area contributed by atoms with Crippen LogP contribution in [0, 0.1) is 5.82 Å². The third kappa shape index (κ3) is 2.94. The maximum atomic E-state index is 14.4. The van der Waals surface area contributed by atoms with E-state index in [9.17, 15) is 4.39 Å². The largest absolute Gasteiger partial charge is 0.378 e. The molecule has 1 atom stereocenters. The standard InChI is InChI=1S/C16H19FN4O2/c17-12-10-11(3-4-14(12)21-6-8-22-9-7-21)16-19-15(20-23-16)13-2-1-5-18-13/h3-4,10,13,18H,1-2,5-9H2. The van der Waals surface area contributed by atoms with E-state index >= 15 is 0 Å². The number of benzene rings is 1. The van der Waals surface area contributed by atoms with Crippen molar-refractivity contribution < 1.29 is 13.7 Å². The van der Waals surface area contributed by atoms with E-state index in [-0.39, 0.29) is 11.9 Å². The minimum absolute atomic E-state index is 0.143. The summed E-state index contributed by atoms with van der Waals surface area (Å²) in [5, 5.41) is 7.34. The van der Waals surface area contributed by atoms with Crippen LogP contribution in [0.4, 0.5) is 10.1 Å². The molecule has 0 radical (unpaired) electrons. The van der Waals surface area contributed by atoms with Gasteiger partial charge in [-0.1, -0.05) is 5.16 Å². The number of nitrogens with zero attached hydrogens (tertiary/aromatic N) is 3. The predicted octanol–water partition coefficient (Wildman–Crippen LogP) is 2.14. The van der Waals surface area contributed by atoms with E-state index in [4.69, 9.17) is 9.26 Å². The highest BCUT2D eigenvalue weighted by molar-refractivity contribution is 5.60. The van der Waals surface area contributed by atoms with Crippen LogP contribution in [-0.4, -0.2) is 43.0 Å². The molecule has 0 aliphatic carbocycles. The normalized spacial score (nSPS) is 21.8. The average molecular weight is 318 g/mol. The van der Waals surface area contributed by atoms with Crippen LogP contribution in [-0.2, 0) is 4.74 Å². The van der Waals surface area contributed by atoms with Crippen molar-refractivity contribution in [1.29, 1.82) is 0 Å². The number of hydrogen-bond donors (Lipinski definition) is 1. The van der Waals surface area contributed by atoms with E-state index < -0.39 is 0 Å². The predicted molar refractivity (Wildman–Crippen MR) is 82.7 cm³/mol. The molecule has 2 fully saturated rings. The van der Waals surface area contributed by atoms with E-state index in [2.05, 4.69) is 15.5 Å². The molecular formula is C16H19FN4O2. The number of morpholine rings is 1. The Morgan fingerprint density at radius 3 is 2.87 bits per heavy atom. The quantitative estimate of drug-likeness (QED) is 0.935. The molecule has 0 bridgehead atoms. The van der Waals surface area contributed by atoms with Gasteiger partial charge in [0.15, 0.2) is 5.82 Å². The second-order valence-corrected chi connectivity index (χ2v) is 5.87. The minimum atomic E-state index is -0.275. The lowest BCUT2D eigenvalue weighted by molar-refractivity contribution is 0.122. The summed E-state index contributed by atoms with van der Waals surface area (Å²) >= 11 is 0. The average Bonchev–Trinajstić information content (AvgIpc) is 3.27. The molecule has 0 amide bonds. The first-order chi connectivity index (χ1) is 11.3. The summed E-state index contributed by atoms with van der Waals surface area (Å²) in [6, 6.07) is 5.20. The zero-order valence-electron chi connectivity index (χ0n) is 12.8. The first kappa shape index (κ1) is 14.6. The Balaban J connectivity index is 1.56. The van der Waals surface area contributed by atoms with Crippen molar-refractivity contribution in [1.82, 2.24) is 15.5 Å². The zero-order valence-corrected chi connectivity index (χ0v) is 12.8. The number of halogens is 1. The van der Waals surface area contributed by atoms with Crippen molar-refractivity contribution in [3.63, 3.8) is 0 Å². The van der Waals surface area contributed by atoms with Gasteiger partial charge in [0, 0.05) is 18.7 Å². The highest BCUT2D eigenvalue weighted by atomic mass is 19.1. The number of hydrogen-bond acceptors (Lipinski definition) is 6. The Morgan fingerprint density at radius 1 is 1.26 bits per heavy atom. The van der Waals surface area contributed by atoms with E-state index in [0.29, 0.717) is 49.3 Å². The van der Waals surface area contributed by atoms with Crippen molar-refractivity contribution >= 4 is 5.69 Å². The third-order valence-corrected chi connectivity index (χ3v) is 4.36. The lowest BCUT2D eigenvalue weighted by Gasteiger charge is -2.29. The molecule has 0 saturated carbocycles. The number of aromatic nitrogens is 2. The molecule has 2 aromatic rings. The second-order valence-electron chi connectivity index (χ2n) is 5.87. The molecule has 6 nitrogen and oxygen atoms in total. The Labute approximate surface area is 133 Å². The number of nitrogens with one attached hydrogen (secondary N) is 1. The van der Waals surface area contributed by atoms with Crippen LogP contribution in [0.2, 0.25) is 0 Å². The highest BCUT2D eigenvalue weighted by Crippen LogP contribution is 2.28. The molecule has 1 aromatic carbocycles. The topological polar surface area (TPSA) is 63.4 Å². The van der Waals surface area contributed by atoms with Gasteiger partial charge in [-0.05, 0) is 37.6 Å². The van der Waals surface area contributed by atoms with E-state index in [0.717, 1.165) is 19.4 Å². The van der Waals surface area contributed by atoms with Gasteiger partial charge in [-0.15, -0.1) is 0 Å². The fraction of sp³-hybridized carbons (Fsp3) is 0.500. The lowest BCUT2D eigenvalue weighted by Crippen LogP contribution is -2.36.